The highest BCUT2D eigenvalue weighted by atomic mass is 35.5. The standard InChI is InChI=1S/C12H14Cl4O2S2/c13-9-7(5-19-3-1-17)10(14)12(16)11(15)8(9)6-20-4-2-18/h17-18H,1-6H2. The fourth-order valence-electron chi connectivity index (χ4n) is 1.47. The van der Waals surface area contributed by atoms with Gasteiger partial charge in [-0.15, -0.1) is 0 Å². The van der Waals surface area contributed by atoms with E-state index >= 15 is 0 Å². The van der Waals surface area contributed by atoms with Crippen LogP contribution < -0.4 is 0 Å². The molecule has 0 spiro atoms. The Morgan fingerprint density at radius 1 is 0.650 bits per heavy atom. The summed E-state index contributed by atoms with van der Waals surface area (Å²) in [5, 5.41) is 19.2. The maximum absolute atomic E-state index is 8.82. The number of aliphatic hydroxyl groups is 2. The first kappa shape index (κ1) is 19.0. The van der Waals surface area contributed by atoms with Crippen LogP contribution in [0.5, 0.6) is 0 Å². The van der Waals surface area contributed by atoms with Crippen molar-refractivity contribution in [1.29, 1.82) is 0 Å². The normalized spacial score (nSPS) is 11.1. The van der Waals surface area contributed by atoms with Crippen molar-refractivity contribution < 1.29 is 10.2 Å². The van der Waals surface area contributed by atoms with Gasteiger partial charge >= 0.3 is 0 Å². The van der Waals surface area contributed by atoms with Crippen LogP contribution in [-0.4, -0.2) is 34.9 Å². The average molecular weight is 396 g/mol. The van der Waals surface area contributed by atoms with Crippen LogP contribution in [0.25, 0.3) is 0 Å². The van der Waals surface area contributed by atoms with E-state index in [-0.39, 0.29) is 13.2 Å². The monoisotopic (exact) mass is 394 g/mol. The van der Waals surface area contributed by atoms with Crippen molar-refractivity contribution in [2.45, 2.75) is 11.5 Å². The van der Waals surface area contributed by atoms with Crippen LogP contribution in [0, 0.1) is 0 Å². The van der Waals surface area contributed by atoms with Crippen molar-refractivity contribution in [2.75, 3.05) is 24.7 Å². The first-order valence-corrected chi connectivity index (χ1v) is 9.57. The highest BCUT2D eigenvalue weighted by Gasteiger charge is 2.20. The molecule has 0 bridgehead atoms. The second-order valence-electron chi connectivity index (χ2n) is 3.77. The van der Waals surface area contributed by atoms with Gasteiger partial charge in [-0.05, 0) is 0 Å². The number of thioether (sulfide) groups is 2. The molecule has 2 nitrogen and oxygen atoms in total. The topological polar surface area (TPSA) is 40.5 Å². The average Bonchev–Trinajstić information content (AvgIpc) is 2.44. The van der Waals surface area contributed by atoms with Gasteiger partial charge in [-0.3, -0.25) is 0 Å². The maximum atomic E-state index is 8.82. The molecule has 0 aromatic heterocycles. The van der Waals surface area contributed by atoms with Crippen molar-refractivity contribution in [3.05, 3.63) is 31.2 Å². The summed E-state index contributed by atoms with van der Waals surface area (Å²) in [5.74, 6) is 2.32. The van der Waals surface area contributed by atoms with Crippen LogP contribution in [0.3, 0.4) is 0 Å². The van der Waals surface area contributed by atoms with Gasteiger partial charge in [0.1, 0.15) is 0 Å². The third-order valence-corrected chi connectivity index (χ3v) is 6.20. The number of halogens is 4. The van der Waals surface area contributed by atoms with Gasteiger partial charge in [-0.2, -0.15) is 23.5 Å². The van der Waals surface area contributed by atoms with Crippen molar-refractivity contribution in [1.82, 2.24) is 0 Å². The van der Waals surface area contributed by atoms with Crippen LogP contribution in [0.2, 0.25) is 20.1 Å². The molecule has 0 amide bonds. The Morgan fingerprint density at radius 2 is 1.05 bits per heavy atom. The molecule has 1 aromatic carbocycles. The smallest absolute Gasteiger partial charge is 0.0785 e. The van der Waals surface area contributed by atoms with Crippen molar-refractivity contribution >= 4 is 69.9 Å². The molecule has 8 heteroatoms. The fourth-order valence-corrected chi connectivity index (χ4v) is 4.52. The molecule has 0 aliphatic heterocycles. The Balaban J connectivity index is 3.04. The largest absolute Gasteiger partial charge is 0.396 e. The van der Waals surface area contributed by atoms with E-state index in [4.69, 9.17) is 56.6 Å². The first-order valence-electron chi connectivity index (χ1n) is 5.75. The van der Waals surface area contributed by atoms with Gasteiger partial charge in [0.2, 0.25) is 0 Å². The molecule has 0 saturated carbocycles. The number of hydrogen-bond acceptors (Lipinski definition) is 4. The second kappa shape index (κ2) is 9.90. The van der Waals surface area contributed by atoms with Crippen LogP contribution in [0.1, 0.15) is 11.1 Å². The minimum atomic E-state index is 0.0977. The van der Waals surface area contributed by atoms with Crippen molar-refractivity contribution in [3.8, 4) is 0 Å². The lowest BCUT2D eigenvalue weighted by molar-refractivity contribution is 0.322. The zero-order chi connectivity index (χ0) is 15.1. The summed E-state index contributed by atoms with van der Waals surface area (Å²) >= 11 is 27.9. The van der Waals surface area contributed by atoms with Gasteiger partial charge in [0.05, 0.1) is 33.3 Å². The molecule has 0 heterocycles. The third-order valence-electron chi connectivity index (χ3n) is 2.41. The number of rotatable bonds is 8. The van der Waals surface area contributed by atoms with Crippen molar-refractivity contribution in [2.24, 2.45) is 0 Å². The minimum absolute atomic E-state index is 0.0977. The Bertz CT molecular complexity index is 421. The fraction of sp³-hybridized carbons (Fsp3) is 0.500. The Hall–Kier alpha value is 1.000. The van der Waals surface area contributed by atoms with Gasteiger partial charge in [-0.1, -0.05) is 46.4 Å². The van der Waals surface area contributed by atoms with Crippen LogP contribution >= 0.6 is 69.9 Å². The summed E-state index contributed by atoms with van der Waals surface area (Å²) < 4.78 is 0. The minimum Gasteiger partial charge on any atom is -0.396 e. The number of benzene rings is 1. The van der Waals surface area contributed by atoms with E-state index in [1.807, 2.05) is 0 Å². The third kappa shape index (κ3) is 5.03. The second-order valence-corrected chi connectivity index (χ2v) is 7.49. The van der Waals surface area contributed by atoms with Gasteiger partial charge < -0.3 is 10.2 Å². The van der Waals surface area contributed by atoms with Crippen LogP contribution in [-0.2, 0) is 11.5 Å². The lowest BCUT2D eigenvalue weighted by atomic mass is 10.1. The van der Waals surface area contributed by atoms with E-state index in [0.717, 1.165) is 11.1 Å². The summed E-state index contributed by atoms with van der Waals surface area (Å²) in [7, 11) is 0. The van der Waals surface area contributed by atoms with Gasteiger partial charge in [0.15, 0.2) is 0 Å². The molecule has 0 unspecified atom stereocenters. The highest BCUT2D eigenvalue weighted by Crippen LogP contribution is 2.43. The molecule has 0 aliphatic rings. The summed E-state index contributed by atoms with van der Waals surface area (Å²) in [5.41, 5.74) is 1.47. The SMILES string of the molecule is OCCSCc1c(Cl)c(Cl)c(Cl)c(CSCCO)c1Cl. The lowest BCUT2D eigenvalue weighted by Gasteiger charge is -2.15. The molecular weight excluding hydrogens is 382 g/mol. The number of aliphatic hydroxyl groups excluding tert-OH is 2. The molecule has 114 valence electrons. The van der Waals surface area contributed by atoms with Crippen molar-refractivity contribution in [3.63, 3.8) is 0 Å². The molecule has 20 heavy (non-hydrogen) atoms. The zero-order valence-electron chi connectivity index (χ0n) is 10.5. The van der Waals surface area contributed by atoms with Gasteiger partial charge in [-0.25, -0.2) is 0 Å². The molecule has 2 N–H and O–H groups in total. The van der Waals surface area contributed by atoms with Gasteiger partial charge in [0, 0.05) is 34.1 Å². The Labute approximate surface area is 147 Å². The van der Waals surface area contributed by atoms with Crippen LogP contribution in [0.15, 0.2) is 0 Å². The lowest BCUT2D eigenvalue weighted by Crippen LogP contribution is -1.97. The van der Waals surface area contributed by atoms with E-state index in [1.165, 1.54) is 23.5 Å². The molecule has 0 saturated heterocycles. The highest BCUT2D eigenvalue weighted by molar-refractivity contribution is 7.98. The molecular formula is C12H14Cl4O2S2. The zero-order valence-corrected chi connectivity index (χ0v) is 15.1. The summed E-state index contributed by atoms with van der Waals surface area (Å²) in [6.45, 7) is 0.195. The Morgan fingerprint density at radius 3 is 1.40 bits per heavy atom. The summed E-state index contributed by atoms with van der Waals surface area (Å²) in [6, 6.07) is 0. The predicted molar refractivity (Wildman–Crippen MR) is 93.0 cm³/mol. The Kier molecular flexibility index (Phi) is 9.43. The van der Waals surface area contributed by atoms with E-state index in [9.17, 15) is 0 Å². The molecule has 0 atom stereocenters. The van der Waals surface area contributed by atoms with E-state index in [0.29, 0.717) is 43.1 Å². The quantitative estimate of drug-likeness (QED) is 0.378. The maximum Gasteiger partial charge on any atom is 0.0785 e. The molecule has 1 aromatic rings. The predicted octanol–water partition coefficient (Wildman–Crippen LogP) is 4.75. The molecule has 0 radical (unpaired) electrons. The van der Waals surface area contributed by atoms with E-state index in [2.05, 4.69) is 0 Å². The van der Waals surface area contributed by atoms with E-state index < -0.39 is 0 Å². The van der Waals surface area contributed by atoms with E-state index in [1.54, 1.807) is 0 Å². The molecule has 1 rings (SSSR count). The van der Waals surface area contributed by atoms with Gasteiger partial charge in [0.25, 0.3) is 0 Å². The molecule has 0 aliphatic carbocycles. The summed E-state index contributed by atoms with van der Waals surface area (Å²) in [6.07, 6.45) is 0. The number of hydrogen-bond donors (Lipinski definition) is 2. The van der Waals surface area contributed by atoms with Crippen LogP contribution in [0.4, 0.5) is 0 Å². The summed E-state index contributed by atoms with van der Waals surface area (Å²) in [4.78, 5) is 0. The molecule has 0 fully saturated rings. The first-order chi connectivity index (χ1) is 9.54.